The van der Waals surface area contributed by atoms with Crippen LogP contribution in [0.3, 0.4) is 0 Å². The largest absolute Gasteiger partial charge is 0.351 e. The van der Waals surface area contributed by atoms with Crippen molar-refractivity contribution in [3.8, 4) is 11.8 Å². The van der Waals surface area contributed by atoms with Crippen molar-refractivity contribution in [1.29, 1.82) is 0 Å². The third-order valence-electron chi connectivity index (χ3n) is 1.98. The Morgan fingerprint density at radius 3 is 2.50 bits per heavy atom. The molecule has 0 saturated heterocycles. The van der Waals surface area contributed by atoms with Gasteiger partial charge in [-0.25, -0.2) is 0 Å². The maximum Gasteiger partial charge on any atom is 0.109 e. The van der Waals surface area contributed by atoms with Gasteiger partial charge in [-0.3, -0.25) is 0 Å². The van der Waals surface area contributed by atoms with Gasteiger partial charge in [0.2, 0.25) is 0 Å². The van der Waals surface area contributed by atoms with Gasteiger partial charge in [0.25, 0.3) is 0 Å². The molecule has 1 unspecified atom stereocenters. The Kier molecular flexibility index (Phi) is 9.31. The zero-order valence-corrected chi connectivity index (χ0v) is 11.0. The molecule has 0 aliphatic rings. The number of ether oxygens (including phenoxy) is 1. The maximum atomic E-state index is 5.79. The molecule has 0 amide bonds. The number of hydrogen-bond donors (Lipinski definition) is 2. The summed E-state index contributed by atoms with van der Waals surface area (Å²) in [6.45, 7) is 9.83. The van der Waals surface area contributed by atoms with Gasteiger partial charge in [-0.1, -0.05) is 39.5 Å². The van der Waals surface area contributed by atoms with Gasteiger partial charge >= 0.3 is 0 Å². The number of rotatable bonds is 7. The fourth-order valence-electron chi connectivity index (χ4n) is 1.17. The lowest BCUT2D eigenvalue weighted by Crippen LogP contribution is -2.28. The minimum atomic E-state index is -0.185. The highest BCUT2D eigenvalue weighted by molar-refractivity contribution is 5.01. The van der Waals surface area contributed by atoms with Gasteiger partial charge in [-0.2, -0.15) is 0 Å². The smallest absolute Gasteiger partial charge is 0.109 e. The van der Waals surface area contributed by atoms with Crippen LogP contribution in [0, 0.1) is 17.8 Å². The van der Waals surface area contributed by atoms with Gasteiger partial charge in [-0.05, 0) is 19.4 Å². The average molecular weight is 226 g/mol. The predicted octanol–water partition coefficient (Wildman–Crippen LogP) is 1.73. The van der Waals surface area contributed by atoms with Crippen LogP contribution in [0.1, 0.15) is 40.5 Å². The summed E-state index contributed by atoms with van der Waals surface area (Å²) in [6.07, 6.45) is 1.73. The molecule has 3 nitrogen and oxygen atoms in total. The van der Waals surface area contributed by atoms with E-state index in [9.17, 15) is 0 Å². The predicted molar refractivity (Wildman–Crippen MR) is 68.9 cm³/mol. The molecule has 94 valence electrons. The van der Waals surface area contributed by atoms with Crippen LogP contribution in [-0.4, -0.2) is 25.4 Å². The Labute approximate surface area is 100 Å². The summed E-state index contributed by atoms with van der Waals surface area (Å²) < 4.78 is 5.38. The van der Waals surface area contributed by atoms with E-state index in [1.54, 1.807) is 0 Å². The van der Waals surface area contributed by atoms with E-state index in [-0.39, 0.29) is 6.23 Å². The standard InChI is InChI=1S/C13H26N2O/c1-11(2)7-6-10-16-13(14)8-5-9-15-12(3)4/h11-13,15H,5,8-10,14H2,1-4H3. The lowest BCUT2D eigenvalue weighted by molar-refractivity contribution is 0.0747. The number of nitrogens with two attached hydrogens (primary N) is 1. The molecular weight excluding hydrogens is 200 g/mol. The first-order valence-electron chi connectivity index (χ1n) is 6.11. The summed E-state index contributed by atoms with van der Waals surface area (Å²) in [7, 11) is 0. The molecule has 0 saturated carbocycles. The topological polar surface area (TPSA) is 47.3 Å². The van der Waals surface area contributed by atoms with Crippen molar-refractivity contribution in [2.45, 2.75) is 52.8 Å². The SMILES string of the molecule is CC(C)C#CCOC(N)CCCNC(C)C. The zero-order valence-electron chi connectivity index (χ0n) is 11.0. The van der Waals surface area contributed by atoms with Crippen molar-refractivity contribution >= 4 is 0 Å². The average Bonchev–Trinajstić information content (AvgIpc) is 2.19. The molecule has 0 aliphatic carbocycles. The molecule has 0 aromatic heterocycles. The van der Waals surface area contributed by atoms with Crippen LogP contribution in [0.25, 0.3) is 0 Å². The lowest BCUT2D eigenvalue weighted by Gasteiger charge is -2.12. The summed E-state index contributed by atoms with van der Waals surface area (Å²) in [4.78, 5) is 0. The summed E-state index contributed by atoms with van der Waals surface area (Å²) in [5.41, 5.74) is 5.79. The van der Waals surface area contributed by atoms with E-state index in [1.807, 2.05) is 0 Å². The lowest BCUT2D eigenvalue weighted by atomic mass is 10.2. The quantitative estimate of drug-likeness (QED) is 0.395. The minimum Gasteiger partial charge on any atom is -0.351 e. The van der Waals surface area contributed by atoms with Gasteiger partial charge in [0.15, 0.2) is 0 Å². The van der Waals surface area contributed by atoms with E-state index < -0.39 is 0 Å². The first-order valence-corrected chi connectivity index (χ1v) is 6.11. The van der Waals surface area contributed by atoms with Gasteiger partial charge in [0.05, 0.1) is 0 Å². The fourth-order valence-corrected chi connectivity index (χ4v) is 1.17. The Morgan fingerprint density at radius 1 is 1.25 bits per heavy atom. The molecule has 3 heteroatoms. The van der Waals surface area contributed by atoms with Gasteiger partial charge < -0.3 is 15.8 Å². The molecule has 0 heterocycles. The van der Waals surface area contributed by atoms with Crippen molar-refractivity contribution in [2.75, 3.05) is 13.2 Å². The van der Waals surface area contributed by atoms with E-state index in [4.69, 9.17) is 10.5 Å². The highest BCUT2D eigenvalue weighted by Crippen LogP contribution is 1.95. The van der Waals surface area contributed by atoms with Crippen molar-refractivity contribution in [3.63, 3.8) is 0 Å². The van der Waals surface area contributed by atoms with Crippen LogP contribution < -0.4 is 11.1 Å². The summed E-state index contributed by atoms with van der Waals surface area (Å²) in [6, 6.07) is 0.536. The highest BCUT2D eigenvalue weighted by Gasteiger charge is 2.01. The monoisotopic (exact) mass is 226 g/mol. The fraction of sp³-hybridized carbons (Fsp3) is 0.846. The summed E-state index contributed by atoms with van der Waals surface area (Å²) in [5, 5.41) is 3.34. The zero-order chi connectivity index (χ0) is 12.4. The molecular formula is C13H26N2O. The van der Waals surface area contributed by atoms with E-state index in [0.717, 1.165) is 19.4 Å². The minimum absolute atomic E-state index is 0.185. The molecule has 0 aromatic rings. The van der Waals surface area contributed by atoms with Crippen LogP contribution >= 0.6 is 0 Å². The van der Waals surface area contributed by atoms with Crippen molar-refractivity contribution in [1.82, 2.24) is 5.32 Å². The molecule has 0 fully saturated rings. The Balaban J connectivity index is 3.39. The second-order valence-electron chi connectivity index (χ2n) is 4.58. The normalized spacial score (nSPS) is 12.7. The summed E-state index contributed by atoms with van der Waals surface area (Å²) in [5.74, 6) is 6.39. The molecule has 0 aromatic carbocycles. The Morgan fingerprint density at radius 2 is 1.94 bits per heavy atom. The summed E-state index contributed by atoms with van der Waals surface area (Å²) >= 11 is 0. The molecule has 0 spiro atoms. The van der Waals surface area contributed by atoms with E-state index in [2.05, 4.69) is 44.9 Å². The van der Waals surface area contributed by atoms with Crippen LogP contribution in [-0.2, 0) is 4.74 Å². The van der Waals surface area contributed by atoms with Crippen molar-refractivity contribution in [3.05, 3.63) is 0 Å². The van der Waals surface area contributed by atoms with Gasteiger partial charge in [0.1, 0.15) is 12.8 Å². The first-order chi connectivity index (χ1) is 7.52. The Hall–Kier alpha value is -0.560. The van der Waals surface area contributed by atoms with Crippen molar-refractivity contribution in [2.24, 2.45) is 11.7 Å². The van der Waals surface area contributed by atoms with Crippen LogP contribution in [0.2, 0.25) is 0 Å². The molecule has 16 heavy (non-hydrogen) atoms. The maximum absolute atomic E-state index is 5.79. The van der Waals surface area contributed by atoms with Crippen LogP contribution in [0.5, 0.6) is 0 Å². The molecule has 0 aliphatic heterocycles. The van der Waals surface area contributed by atoms with E-state index in [0.29, 0.717) is 18.6 Å². The highest BCUT2D eigenvalue weighted by atomic mass is 16.5. The van der Waals surface area contributed by atoms with E-state index in [1.165, 1.54) is 0 Å². The van der Waals surface area contributed by atoms with Crippen LogP contribution in [0.4, 0.5) is 0 Å². The van der Waals surface area contributed by atoms with Crippen molar-refractivity contribution < 1.29 is 4.74 Å². The molecule has 0 rings (SSSR count). The molecule has 3 N–H and O–H groups in total. The molecule has 0 radical (unpaired) electrons. The second-order valence-corrected chi connectivity index (χ2v) is 4.58. The molecule has 0 bridgehead atoms. The van der Waals surface area contributed by atoms with Crippen LogP contribution in [0.15, 0.2) is 0 Å². The Bertz CT molecular complexity index is 216. The number of hydrogen-bond acceptors (Lipinski definition) is 3. The van der Waals surface area contributed by atoms with Gasteiger partial charge in [-0.15, -0.1) is 0 Å². The van der Waals surface area contributed by atoms with Gasteiger partial charge in [0, 0.05) is 12.0 Å². The third-order valence-corrected chi connectivity index (χ3v) is 1.98. The number of nitrogens with one attached hydrogen (secondary N) is 1. The molecule has 1 atom stereocenters. The second kappa shape index (κ2) is 9.65. The first kappa shape index (κ1) is 15.4. The van der Waals surface area contributed by atoms with E-state index >= 15 is 0 Å². The third kappa shape index (κ3) is 11.5.